The summed E-state index contributed by atoms with van der Waals surface area (Å²) in [7, 11) is 0. The van der Waals surface area contributed by atoms with E-state index in [9.17, 15) is 15.2 Å². The molecule has 1 amide bonds. The van der Waals surface area contributed by atoms with Gasteiger partial charge in [-0.3, -0.25) is 9.78 Å². The van der Waals surface area contributed by atoms with E-state index in [-0.39, 0.29) is 24.1 Å². The number of amides is 1. The molecule has 2 fully saturated rings. The van der Waals surface area contributed by atoms with Crippen LogP contribution in [0.25, 0.3) is 0 Å². The average molecular weight is 399 g/mol. The number of carbonyl (C=O) groups is 1. The Bertz CT molecular complexity index is 979. The van der Waals surface area contributed by atoms with E-state index in [2.05, 4.69) is 22.9 Å². The Morgan fingerprint density at radius 2 is 1.93 bits per heavy atom. The highest BCUT2D eigenvalue weighted by molar-refractivity contribution is 5.94. The van der Waals surface area contributed by atoms with E-state index in [4.69, 9.17) is 0 Å². The summed E-state index contributed by atoms with van der Waals surface area (Å²) in [4.78, 5) is 18.3. The van der Waals surface area contributed by atoms with Crippen LogP contribution in [-0.2, 0) is 0 Å². The van der Waals surface area contributed by atoms with Crippen LogP contribution >= 0.6 is 0 Å². The number of pyridine rings is 1. The molecule has 152 valence electrons. The van der Waals surface area contributed by atoms with E-state index < -0.39 is 12.1 Å². The van der Waals surface area contributed by atoms with Gasteiger partial charge in [-0.2, -0.15) is 5.26 Å². The van der Waals surface area contributed by atoms with Crippen molar-refractivity contribution < 1.29 is 9.90 Å². The summed E-state index contributed by atoms with van der Waals surface area (Å²) in [5, 5.41) is 19.6. The summed E-state index contributed by atoms with van der Waals surface area (Å²) in [6.07, 6.45) is 7.75. The highest BCUT2D eigenvalue weighted by atomic mass is 16.3. The van der Waals surface area contributed by atoms with Crippen LogP contribution < -0.4 is 0 Å². The van der Waals surface area contributed by atoms with Gasteiger partial charge in [0.15, 0.2) is 0 Å². The molecule has 2 aliphatic rings. The Hall–Kier alpha value is -3.15. The van der Waals surface area contributed by atoms with Crippen LogP contribution in [0.3, 0.4) is 0 Å². The van der Waals surface area contributed by atoms with Gasteiger partial charge in [-0.15, -0.1) is 0 Å². The Morgan fingerprint density at radius 3 is 2.57 bits per heavy atom. The number of benzene rings is 1. The van der Waals surface area contributed by atoms with Crippen LogP contribution in [0.1, 0.15) is 59.6 Å². The van der Waals surface area contributed by atoms with Gasteiger partial charge in [0.1, 0.15) is 11.7 Å². The first-order valence-electron chi connectivity index (χ1n) is 10.6. The summed E-state index contributed by atoms with van der Waals surface area (Å²) >= 11 is 0. The van der Waals surface area contributed by atoms with E-state index in [1.54, 1.807) is 24.4 Å². The normalized spacial score (nSPS) is 23.2. The zero-order chi connectivity index (χ0) is 20.9. The molecule has 1 aliphatic carbocycles. The third-order valence-corrected chi connectivity index (χ3v) is 6.24. The quantitative estimate of drug-likeness (QED) is 0.798. The number of rotatable bonds is 4. The van der Waals surface area contributed by atoms with Crippen molar-refractivity contribution in [2.45, 2.75) is 50.1 Å². The zero-order valence-corrected chi connectivity index (χ0v) is 16.9. The fourth-order valence-electron chi connectivity index (χ4n) is 4.61. The molecule has 2 heterocycles. The Kier molecular flexibility index (Phi) is 6.12. The van der Waals surface area contributed by atoms with Crippen LogP contribution in [0.5, 0.6) is 0 Å². The number of aliphatic hydroxyl groups is 1. The second kappa shape index (κ2) is 9.11. The SMILES string of the molecule is N#C[C@H]1[C@@H](c2ccc(C#CCC3CCCC3)cc2)[C@H](CO)N1C(=O)c1ccccn1. The second-order valence-corrected chi connectivity index (χ2v) is 8.06. The van der Waals surface area contributed by atoms with Crippen molar-refractivity contribution in [3.05, 3.63) is 65.5 Å². The van der Waals surface area contributed by atoms with Crippen molar-refractivity contribution in [2.24, 2.45) is 5.92 Å². The van der Waals surface area contributed by atoms with Crippen molar-refractivity contribution >= 4 is 5.91 Å². The molecule has 0 bridgehead atoms. The van der Waals surface area contributed by atoms with E-state index in [1.807, 2.05) is 24.3 Å². The van der Waals surface area contributed by atoms with Crippen molar-refractivity contribution in [3.8, 4) is 17.9 Å². The molecule has 2 aromatic rings. The summed E-state index contributed by atoms with van der Waals surface area (Å²) in [5.74, 6) is 6.72. The first-order valence-corrected chi connectivity index (χ1v) is 10.6. The van der Waals surface area contributed by atoms with E-state index in [0.717, 1.165) is 23.5 Å². The third kappa shape index (κ3) is 3.95. The van der Waals surface area contributed by atoms with Gasteiger partial charge in [-0.05, 0) is 48.6 Å². The van der Waals surface area contributed by atoms with Gasteiger partial charge in [0.2, 0.25) is 0 Å². The molecule has 0 spiro atoms. The molecule has 5 nitrogen and oxygen atoms in total. The van der Waals surface area contributed by atoms with Gasteiger partial charge in [-0.25, -0.2) is 0 Å². The number of likely N-dealkylation sites (tertiary alicyclic amines) is 1. The molecule has 1 N–H and O–H groups in total. The van der Waals surface area contributed by atoms with E-state index in [0.29, 0.717) is 0 Å². The second-order valence-electron chi connectivity index (χ2n) is 8.06. The molecule has 1 aliphatic heterocycles. The van der Waals surface area contributed by atoms with Crippen molar-refractivity contribution in [1.29, 1.82) is 5.26 Å². The lowest BCUT2D eigenvalue weighted by molar-refractivity contribution is -0.00629. The Morgan fingerprint density at radius 1 is 1.17 bits per heavy atom. The molecule has 1 aromatic heterocycles. The third-order valence-electron chi connectivity index (χ3n) is 6.24. The fourth-order valence-corrected chi connectivity index (χ4v) is 4.61. The number of carbonyl (C=O) groups excluding carboxylic acids is 1. The molecule has 30 heavy (non-hydrogen) atoms. The Labute approximate surface area is 177 Å². The average Bonchev–Trinajstić information content (AvgIpc) is 3.29. The summed E-state index contributed by atoms with van der Waals surface area (Å²) in [5.41, 5.74) is 2.17. The topological polar surface area (TPSA) is 77.2 Å². The fraction of sp³-hybridized carbons (Fsp3) is 0.400. The molecular weight excluding hydrogens is 374 g/mol. The predicted octanol–water partition coefficient (Wildman–Crippen LogP) is 3.51. The van der Waals surface area contributed by atoms with Gasteiger partial charge < -0.3 is 10.0 Å². The summed E-state index contributed by atoms with van der Waals surface area (Å²) in [6, 6.07) is 14.1. The molecule has 0 radical (unpaired) electrons. The van der Waals surface area contributed by atoms with Gasteiger partial charge in [0.05, 0.1) is 18.7 Å². The monoisotopic (exact) mass is 399 g/mol. The van der Waals surface area contributed by atoms with Gasteiger partial charge in [0.25, 0.3) is 5.91 Å². The number of aromatic nitrogens is 1. The molecule has 1 saturated carbocycles. The lowest BCUT2D eigenvalue weighted by atomic mass is 9.75. The van der Waals surface area contributed by atoms with Crippen molar-refractivity contribution in [1.82, 2.24) is 9.88 Å². The van der Waals surface area contributed by atoms with Crippen LogP contribution in [-0.4, -0.2) is 39.6 Å². The lowest BCUT2D eigenvalue weighted by Crippen LogP contribution is -2.65. The van der Waals surface area contributed by atoms with Gasteiger partial charge in [-0.1, -0.05) is 42.9 Å². The number of hydrogen-bond acceptors (Lipinski definition) is 4. The highest BCUT2D eigenvalue weighted by Gasteiger charge is 2.52. The number of nitrogens with zero attached hydrogens (tertiary/aromatic N) is 3. The maximum absolute atomic E-state index is 12.8. The highest BCUT2D eigenvalue weighted by Crippen LogP contribution is 2.41. The maximum atomic E-state index is 12.8. The maximum Gasteiger partial charge on any atom is 0.273 e. The molecule has 3 atom stereocenters. The number of nitriles is 1. The van der Waals surface area contributed by atoms with Gasteiger partial charge >= 0.3 is 0 Å². The van der Waals surface area contributed by atoms with Crippen LogP contribution in [0.4, 0.5) is 0 Å². The van der Waals surface area contributed by atoms with Crippen LogP contribution in [0.2, 0.25) is 0 Å². The number of aliphatic hydroxyl groups excluding tert-OH is 1. The van der Waals surface area contributed by atoms with E-state index in [1.165, 1.54) is 30.6 Å². The van der Waals surface area contributed by atoms with Crippen LogP contribution in [0, 0.1) is 29.1 Å². The van der Waals surface area contributed by atoms with Crippen LogP contribution in [0.15, 0.2) is 48.7 Å². The van der Waals surface area contributed by atoms with Gasteiger partial charge in [0, 0.05) is 24.1 Å². The molecule has 1 saturated heterocycles. The summed E-state index contributed by atoms with van der Waals surface area (Å²) in [6.45, 7) is -0.204. The first kappa shape index (κ1) is 20.1. The minimum atomic E-state index is -0.629. The first-order chi connectivity index (χ1) is 14.7. The molecule has 0 unspecified atom stereocenters. The lowest BCUT2D eigenvalue weighted by Gasteiger charge is -2.51. The minimum Gasteiger partial charge on any atom is -0.394 e. The zero-order valence-electron chi connectivity index (χ0n) is 16.9. The summed E-state index contributed by atoms with van der Waals surface area (Å²) < 4.78 is 0. The Balaban J connectivity index is 1.47. The van der Waals surface area contributed by atoms with Crippen molar-refractivity contribution in [3.63, 3.8) is 0 Å². The number of hydrogen-bond donors (Lipinski definition) is 1. The molecule has 5 heteroatoms. The predicted molar refractivity (Wildman–Crippen MR) is 113 cm³/mol. The van der Waals surface area contributed by atoms with Crippen molar-refractivity contribution in [2.75, 3.05) is 6.61 Å². The smallest absolute Gasteiger partial charge is 0.273 e. The molecule has 4 rings (SSSR count). The molecule has 1 aromatic carbocycles. The largest absolute Gasteiger partial charge is 0.394 e. The minimum absolute atomic E-state index is 0.204. The van der Waals surface area contributed by atoms with E-state index >= 15 is 0 Å². The molecular formula is C25H25N3O2. The standard InChI is InChI=1S/C25H25N3O2/c26-16-22-24(23(17-29)28(22)25(30)21-10-3-4-15-27-21)20-13-11-19(12-14-20)9-5-8-18-6-1-2-7-18/h3-4,10-15,18,22-24,29H,1-2,6-8,17H2/t22-,23-,24+/m0/s1.